The number of rotatable bonds is 5. The van der Waals surface area contributed by atoms with Crippen molar-refractivity contribution in [1.29, 1.82) is 0 Å². The van der Waals surface area contributed by atoms with Crippen LogP contribution in [0.15, 0.2) is 46.5 Å². The van der Waals surface area contributed by atoms with Crippen LogP contribution >= 0.6 is 0 Å². The van der Waals surface area contributed by atoms with Gasteiger partial charge in [-0.15, -0.1) is 0 Å². The van der Waals surface area contributed by atoms with E-state index in [1.807, 2.05) is 6.92 Å². The van der Waals surface area contributed by atoms with Gasteiger partial charge in [-0.2, -0.15) is 8.42 Å². The second-order valence-electron chi connectivity index (χ2n) is 16.7. The quantitative estimate of drug-likeness (QED) is 0.261. The third-order valence-corrected chi connectivity index (χ3v) is 15.9. The Morgan fingerprint density at radius 2 is 1.59 bits per heavy atom. The van der Waals surface area contributed by atoms with E-state index in [9.17, 15) is 18.3 Å². The minimum absolute atomic E-state index is 0.0787. The lowest BCUT2D eigenvalue weighted by molar-refractivity contribution is -0.230. The highest BCUT2D eigenvalue weighted by molar-refractivity contribution is 7.86. The van der Waals surface area contributed by atoms with Crippen LogP contribution in [0.1, 0.15) is 111 Å². The molecule has 44 heavy (non-hydrogen) atoms. The van der Waals surface area contributed by atoms with Crippen molar-refractivity contribution in [2.24, 2.45) is 61.8 Å². The van der Waals surface area contributed by atoms with E-state index >= 15 is 0 Å². The molecule has 0 aliphatic heterocycles. The van der Waals surface area contributed by atoms with E-state index in [4.69, 9.17) is 4.28 Å². The van der Waals surface area contributed by atoms with Crippen LogP contribution in [0.4, 0.5) is 0 Å². The lowest BCUT2D eigenvalue weighted by atomic mass is 9.32. The van der Waals surface area contributed by atoms with Gasteiger partial charge in [0.1, 0.15) is 4.90 Å². The number of hydrogen-bond acceptors (Lipinski definition) is 5. The van der Waals surface area contributed by atoms with Crippen LogP contribution in [0.5, 0.6) is 0 Å². The number of carbonyl (C=O) groups is 1. The maximum Gasteiger partial charge on any atom is 0.358 e. The molecule has 0 aromatic heterocycles. The van der Waals surface area contributed by atoms with Crippen LogP contribution in [0.3, 0.4) is 0 Å². The zero-order chi connectivity index (χ0) is 32.1. The molecule has 0 saturated heterocycles. The molecule has 1 unspecified atom stereocenters. The fourth-order valence-corrected chi connectivity index (χ4v) is 13.1. The van der Waals surface area contributed by atoms with Gasteiger partial charge in [-0.1, -0.05) is 69.6 Å². The molecule has 9 atom stereocenters. The Bertz CT molecular complexity index is 1500. The minimum Gasteiger partial charge on any atom is -0.481 e. The van der Waals surface area contributed by atoms with Crippen molar-refractivity contribution in [3.05, 3.63) is 42.0 Å². The van der Waals surface area contributed by atoms with Crippen LogP contribution in [0, 0.1) is 63.6 Å². The smallest absolute Gasteiger partial charge is 0.358 e. The van der Waals surface area contributed by atoms with Gasteiger partial charge in [0.15, 0.2) is 0 Å². The number of aliphatic carboxylic acids is 1. The van der Waals surface area contributed by atoms with Gasteiger partial charge in [-0.3, -0.25) is 9.08 Å². The highest BCUT2D eigenvalue weighted by atomic mass is 32.2. The molecule has 0 radical (unpaired) electrons. The highest BCUT2D eigenvalue weighted by Crippen LogP contribution is 2.77. The molecule has 5 aliphatic rings. The molecule has 0 heterocycles. The fourth-order valence-electron chi connectivity index (χ4n) is 12.3. The Morgan fingerprint density at radius 3 is 2.23 bits per heavy atom. The third-order valence-electron chi connectivity index (χ3n) is 14.8. The highest BCUT2D eigenvalue weighted by Gasteiger charge is 2.72. The molecule has 1 N–H and O–H groups in total. The van der Waals surface area contributed by atoms with Gasteiger partial charge < -0.3 is 5.11 Å². The van der Waals surface area contributed by atoms with Crippen LogP contribution in [-0.2, 0) is 19.2 Å². The summed E-state index contributed by atoms with van der Waals surface area (Å²) in [6.45, 7) is 20.5. The molecule has 5 fully saturated rings. The summed E-state index contributed by atoms with van der Waals surface area (Å²) in [5.74, 6) is 1.17. The molecule has 1 aromatic rings. The minimum atomic E-state index is -3.99. The van der Waals surface area contributed by atoms with Gasteiger partial charge in [-0.05, 0) is 136 Å². The maximum atomic E-state index is 13.0. The first-order chi connectivity index (χ1) is 20.4. The SMILES string of the molecule is C=C(C)[C@@H]1CCC2(C(=O)O)CC[C@]3(C)[C@H](CC[C@@H]4[C@@]5(C)CC/C(=N\OS(=O)(=O)c6ccc(C)cc6)C(C)(C)[C@@H]5CC[C@]43C)[C@@H]12. The summed E-state index contributed by atoms with van der Waals surface area (Å²) < 4.78 is 31.3. The van der Waals surface area contributed by atoms with Gasteiger partial charge >= 0.3 is 16.1 Å². The Kier molecular flexibility index (Phi) is 7.36. The fraction of sp³-hybridized carbons (Fsp3) is 0.730. The number of benzene rings is 1. The second-order valence-corrected chi connectivity index (χ2v) is 18.3. The standard InChI is InChI=1S/C37H53NO5S/c1-23(2)26-15-20-37(32(39)40)22-21-35(7)27(31(26)37)13-14-29-34(6)18-17-30(33(4,5)28(34)16-19-36(29,35)8)38-43-44(41,42)25-11-9-24(3)10-12-25/h9-12,26-29,31H,1,13-22H2,2-8H3,(H,39,40)/b38-30+/t26-,27+,28-,29+,31+,34-,35+,36+,37?/m0/s1. The lowest BCUT2D eigenvalue weighted by Gasteiger charge is -2.72. The zero-order valence-electron chi connectivity index (χ0n) is 27.9. The van der Waals surface area contributed by atoms with E-state index in [1.54, 1.807) is 24.3 Å². The second kappa shape index (κ2) is 10.2. The predicted molar refractivity (Wildman–Crippen MR) is 173 cm³/mol. The van der Waals surface area contributed by atoms with Crippen molar-refractivity contribution < 1.29 is 22.6 Å². The molecule has 0 amide bonds. The first-order valence-corrected chi connectivity index (χ1v) is 18.3. The molecule has 5 saturated carbocycles. The summed E-state index contributed by atoms with van der Waals surface area (Å²) in [7, 11) is -3.99. The summed E-state index contributed by atoms with van der Waals surface area (Å²) in [5.41, 5.74) is 2.38. The summed E-state index contributed by atoms with van der Waals surface area (Å²) in [4.78, 5) is 13.1. The lowest BCUT2D eigenvalue weighted by Crippen LogP contribution is -2.66. The van der Waals surface area contributed by atoms with Gasteiger partial charge in [0, 0.05) is 5.41 Å². The van der Waals surface area contributed by atoms with Crippen molar-refractivity contribution in [1.82, 2.24) is 0 Å². The number of allylic oxidation sites excluding steroid dienone is 1. The molecule has 6 nitrogen and oxygen atoms in total. The van der Waals surface area contributed by atoms with Gasteiger partial charge in [-0.25, -0.2) is 0 Å². The average Bonchev–Trinajstić information content (AvgIpc) is 3.35. The normalized spacial score (nSPS) is 43.7. The zero-order valence-corrected chi connectivity index (χ0v) is 28.7. The Morgan fingerprint density at radius 1 is 0.909 bits per heavy atom. The van der Waals surface area contributed by atoms with Crippen LogP contribution < -0.4 is 0 Å². The molecular weight excluding hydrogens is 570 g/mol. The molecule has 0 spiro atoms. The number of aryl methyl sites for hydroxylation is 1. The summed E-state index contributed by atoms with van der Waals surface area (Å²) >= 11 is 0. The Labute approximate surface area is 265 Å². The number of carboxylic acids is 1. The van der Waals surface area contributed by atoms with E-state index in [0.717, 1.165) is 81.1 Å². The predicted octanol–water partition coefficient (Wildman–Crippen LogP) is 8.80. The van der Waals surface area contributed by atoms with Crippen LogP contribution in [0.2, 0.25) is 0 Å². The van der Waals surface area contributed by atoms with Crippen molar-refractivity contribution in [2.45, 2.75) is 118 Å². The monoisotopic (exact) mass is 623 g/mol. The van der Waals surface area contributed by atoms with E-state index < -0.39 is 21.5 Å². The molecular formula is C37H53NO5S. The van der Waals surface area contributed by atoms with Gasteiger partial charge in [0.05, 0.1) is 11.1 Å². The molecule has 6 rings (SSSR count). The summed E-state index contributed by atoms with van der Waals surface area (Å²) in [6.07, 6.45) is 9.56. The maximum absolute atomic E-state index is 13.0. The Hall–Kier alpha value is -2.15. The molecule has 7 heteroatoms. The number of carboxylic acid groups (broad SMARTS) is 1. The first kappa shape index (κ1) is 31.8. The van der Waals surface area contributed by atoms with Crippen molar-refractivity contribution >= 4 is 21.8 Å². The molecule has 5 aliphatic carbocycles. The Balaban J connectivity index is 1.29. The molecule has 0 bridgehead atoms. The number of nitrogens with zero attached hydrogens (tertiary/aromatic N) is 1. The van der Waals surface area contributed by atoms with E-state index in [2.05, 4.69) is 53.3 Å². The van der Waals surface area contributed by atoms with Crippen molar-refractivity contribution in [2.75, 3.05) is 0 Å². The number of oxime groups is 1. The first-order valence-electron chi connectivity index (χ1n) is 16.9. The van der Waals surface area contributed by atoms with Gasteiger partial charge in [0.2, 0.25) is 0 Å². The van der Waals surface area contributed by atoms with E-state index in [0.29, 0.717) is 23.7 Å². The topological polar surface area (TPSA) is 93.0 Å². The van der Waals surface area contributed by atoms with Gasteiger partial charge in [0.25, 0.3) is 0 Å². The van der Waals surface area contributed by atoms with Crippen molar-refractivity contribution in [3.63, 3.8) is 0 Å². The van der Waals surface area contributed by atoms with E-state index in [1.165, 1.54) is 0 Å². The summed E-state index contributed by atoms with van der Waals surface area (Å²) in [6, 6.07) is 6.69. The van der Waals surface area contributed by atoms with Crippen molar-refractivity contribution in [3.8, 4) is 0 Å². The average molecular weight is 624 g/mol. The van der Waals surface area contributed by atoms with Crippen LogP contribution in [0.25, 0.3) is 0 Å². The largest absolute Gasteiger partial charge is 0.481 e. The van der Waals surface area contributed by atoms with Crippen LogP contribution in [-0.4, -0.2) is 25.2 Å². The van der Waals surface area contributed by atoms with E-state index in [-0.39, 0.29) is 32.5 Å². The summed E-state index contributed by atoms with van der Waals surface area (Å²) in [5, 5.41) is 15.0. The third kappa shape index (κ3) is 4.26. The number of fused-ring (bicyclic) bond motifs is 7. The number of hydrogen-bond donors (Lipinski definition) is 1. The molecule has 242 valence electrons. The molecule has 1 aromatic carbocycles.